The van der Waals surface area contributed by atoms with Gasteiger partial charge in [-0.25, -0.2) is 0 Å². The van der Waals surface area contributed by atoms with Crippen LogP contribution in [-0.4, -0.2) is 11.2 Å². The van der Waals surface area contributed by atoms with E-state index in [0.717, 1.165) is 11.8 Å². The van der Waals surface area contributed by atoms with Crippen molar-refractivity contribution in [3.63, 3.8) is 0 Å². The van der Waals surface area contributed by atoms with Crippen LogP contribution in [0.3, 0.4) is 0 Å². The maximum atomic E-state index is 11.0. The Morgan fingerprint density at radius 2 is 1.95 bits per heavy atom. The fourth-order valence-electron chi connectivity index (χ4n) is 1.56. The molecule has 2 aromatic rings. The topological polar surface area (TPSA) is 60.2 Å². The lowest BCUT2D eigenvalue weighted by Gasteiger charge is -2.07. The molecule has 0 amide bonds. The number of halogens is 2. The largest absolute Gasteiger partial charge is 0.298 e. The monoisotopic (exact) mass is 327 g/mol. The summed E-state index contributed by atoms with van der Waals surface area (Å²) in [5, 5.41) is 11.9. The van der Waals surface area contributed by atoms with Crippen LogP contribution in [0.25, 0.3) is 0 Å². The number of benzene rings is 2. The van der Waals surface area contributed by atoms with Crippen LogP contribution >= 0.6 is 35.0 Å². The normalized spacial score (nSPS) is 10.3. The van der Waals surface area contributed by atoms with Crippen molar-refractivity contribution in [2.75, 3.05) is 0 Å². The zero-order valence-electron chi connectivity index (χ0n) is 9.88. The van der Waals surface area contributed by atoms with Crippen molar-refractivity contribution in [1.82, 2.24) is 0 Å². The molecule has 2 aromatic carbocycles. The summed E-state index contributed by atoms with van der Waals surface area (Å²) < 4.78 is 0. The van der Waals surface area contributed by atoms with Crippen LogP contribution in [0, 0.1) is 10.1 Å². The molecule has 2 rings (SSSR count). The third kappa shape index (κ3) is 3.12. The molecule has 0 saturated heterocycles. The minimum absolute atomic E-state index is 0.134. The summed E-state index contributed by atoms with van der Waals surface area (Å²) in [5.74, 6) is 0. The van der Waals surface area contributed by atoms with Gasteiger partial charge in [0.05, 0.1) is 9.95 Å². The molecule has 0 unspecified atom stereocenters. The number of carbonyl (C=O) groups is 1. The maximum absolute atomic E-state index is 11.0. The highest BCUT2D eigenvalue weighted by atomic mass is 35.5. The smallest absolute Gasteiger partial charge is 0.283 e. The first-order valence-electron chi connectivity index (χ1n) is 5.38. The van der Waals surface area contributed by atoms with Crippen molar-refractivity contribution >= 4 is 46.9 Å². The average molecular weight is 328 g/mol. The predicted molar refractivity (Wildman–Crippen MR) is 79.1 cm³/mol. The van der Waals surface area contributed by atoms with Gasteiger partial charge in [0.15, 0.2) is 6.29 Å². The second-order valence-corrected chi connectivity index (χ2v) is 5.64. The van der Waals surface area contributed by atoms with Gasteiger partial charge in [-0.05, 0) is 18.2 Å². The zero-order valence-corrected chi connectivity index (χ0v) is 12.2. The molecule has 0 N–H and O–H groups in total. The van der Waals surface area contributed by atoms with Crippen LogP contribution in [0.4, 0.5) is 5.69 Å². The first-order valence-corrected chi connectivity index (χ1v) is 6.95. The van der Waals surface area contributed by atoms with E-state index in [9.17, 15) is 14.9 Å². The fourth-order valence-corrected chi connectivity index (χ4v) is 3.08. The third-order valence-corrected chi connectivity index (χ3v) is 4.34. The molecular formula is C13H7Cl2NO3S. The van der Waals surface area contributed by atoms with Crippen LogP contribution < -0.4 is 0 Å². The highest BCUT2D eigenvalue weighted by Gasteiger charge is 2.19. The third-order valence-electron chi connectivity index (χ3n) is 2.45. The Bertz CT molecular complexity index is 691. The molecular weight excluding hydrogens is 321 g/mol. The lowest BCUT2D eigenvalue weighted by Crippen LogP contribution is -1.95. The van der Waals surface area contributed by atoms with Gasteiger partial charge in [-0.2, -0.15) is 0 Å². The van der Waals surface area contributed by atoms with Crippen molar-refractivity contribution in [3.8, 4) is 0 Å². The van der Waals surface area contributed by atoms with Gasteiger partial charge in [0.25, 0.3) is 5.69 Å². The van der Waals surface area contributed by atoms with Crippen molar-refractivity contribution in [2.45, 2.75) is 9.79 Å². The van der Waals surface area contributed by atoms with Crippen LogP contribution in [0.1, 0.15) is 10.4 Å². The number of carbonyl (C=O) groups excluding carboxylic acids is 1. The van der Waals surface area contributed by atoms with Crippen molar-refractivity contribution in [3.05, 3.63) is 62.1 Å². The molecule has 4 nitrogen and oxygen atoms in total. The predicted octanol–water partition coefficient (Wildman–Crippen LogP) is 4.87. The molecule has 20 heavy (non-hydrogen) atoms. The summed E-state index contributed by atoms with van der Waals surface area (Å²) >= 11 is 12.9. The van der Waals surface area contributed by atoms with Gasteiger partial charge in [0.1, 0.15) is 4.90 Å². The standard InChI is InChI=1S/C13H7Cl2NO3S/c14-9-4-5-12(10(15)6-9)20-13-8(7-17)2-1-3-11(13)16(18)19/h1-7H. The molecule has 102 valence electrons. The maximum Gasteiger partial charge on any atom is 0.283 e. The Kier molecular flexibility index (Phi) is 4.65. The first-order chi connectivity index (χ1) is 9.52. The average Bonchev–Trinajstić information content (AvgIpc) is 2.41. The number of aldehydes is 1. The van der Waals surface area contributed by atoms with Crippen molar-refractivity contribution in [2.24, 2.45) is 0 Å². The summed E-state index contributed by atoms with van der Waals surface area (Å²) in [6, 6.07) is 9.16. The summed E-state index contributed by atoms with van der Waals surface area (Å²) in [5.41, 5.74) is 0.112. The SMILES string of the molecule is O=Cc1cccc([N+](=O)[O-])c1Sc1ccc(Cl)cc1Cl. The Morgan fingerprint density at radius 3 is 2.55 bits per heavy atom. The quantitative estimate of drug-likeness (QED) is 0.456. The number of hydrogen-bond donors (Lipinski definition) is 0. The van der Waals surface area contributed by atoms with Crippen molar-refractivity contribution < 1.29 is 9.72 Å². The summed E-state index contributed by atoms with van der Waals surface area (Å²) in [6.45, 7) is 0. The number of nitro groups is 1. The van der Waals surface area contributed by atoms with Gasteiger partial charge in [-0.3, -0.25) is 14.9 Å². The van der Waals surface area contributed by atoms with Gasteiger partial charge < -0.3 is 0 Å². The molecule has 0 radical (unpaired) electrons. The molecule has 0 saturated carbocycles. The highest BCUT2D eigenvalue weighted by Crippen LogP contribution is 2.40. The number of nitrogens with zero attached hydrogens (tertiary/aromatic N) is 1. The Labute approximate surface area is 128 Å². The van der Waals surface area contributed by atoms with Crippen LogP contribution in [0.2, 0.25) is 10.0 Å². The van der Waals surface area contributed by atoms with E-state index in [1.165, 1.54) is 18.2 Å². The minimum Gasteiger partial charge on any atom is -0.298 e. The number of nitro benzene ring substituents is 1. The number of hydrogen-bond acceptors (Lipinski definition) is 4. The van der Waals surface area contributed by atoms with Gasteiger partial charge in [0.2, 0.25) is 0 Å². The van der Waals surface area contributed by atoms with Crippen LogP contribution in [-0.2, 0) is 0 Å². The second-order valence-electron chi connectivity index (χ2n) is 3.75. The van der Waals surface area contributed by atoms with E-state index in [1.54, 1.807) is 18.2 Å². The molecule has 0 atom stereocenters. The fraction of sp³-hybridized carbons (Fsp3) is 0. The molecule has 0 fully saturated rings. The Balaban J connectivity index is 2.51. The van der Waals surface area contributed by atoms with E-state index in [4.69, 9.17) is 23.2 Å². The van der Waals surface area contributed by atoms with E-state index in [1.807, 2.05) is 0 Å². The molecule has 0 bridgehead atoms. The van der Waals surface area contributed by atoms with E-state index < -0.39 is 4.92 Å². The Hall–Kier alpha value is -1.56. The molecule has 0 aliphatic carbocycles. The summed E-state index contributed by atoms with van der Waals surface area (Å²) in [7, 11) is 0. The second kappa shape index (κ2) is 6.26. The lowest BCUT2D eigenvalue weighted by atomic mass is 10.2. The van der Waals surface area contributed by atoms with E-state index in [0.29, 0.717) is 21.2 Å². The van der Waals surface area contributed by atoms with Crippen molar-refractivity contribution in [1.29, 1.82) is 0 Å². The van der Waals surface area contributed by atoms with E-state index in [2.05, 4.69) is 0 Å². The minimum atomic E-state index is -0.529. The number of rotatable bonds is 4. The molecule has 0 spiro atoms. The van der Waals surface area contributed by atoms with E-state index >= 15 is 0 Å². The summed E-state index contributed by atoms with van der Waals surface area (Å²) in [6.07, 6.45) is 0.582. The first kappa shape index (κ1) is 14.8. The highest BCUT2D eigenvalue weighted by molar-refractivity contribution is 7.99. The zero-order chi connectivity index (χ0) is 14.7. The van der Waals surface area contributed by atoms with Gasteiger partial charge in [-0.1, -0.05) is 47.1 Å². The van der Waals surface area contributed by atoms with Crippen LogP contribution in [0.15, 0.2) is 46.2 Å². The summed E-state index contributed by atoms with van der Waals surface area (Å²) in [4.78, 5) is 22.4. The molecule has 0 aliphatic rings. The molecule has 0 aromatic heterocycles. The molecule has 0 heterocycles. The van der Waals surface area contributed by atoms with Gasteiger partial charge in [-0.15, -0.1) is 0 Å². The molecule has 0 aliphatic heterocycles. The lowest BCUT2D eigenvalue weighted by molar-refractivity contribution is -0.387. The molecule has 7 heteroatoms. The van der Waals surface area contributed by atoms with Gasteiger partial charge in [0, 0.05) is 21.5 Å². The Morgan fingerprint density at radius 1 is 1.20 bits per heavy atom. The van der Waals surface area contributed by atoms with Gasteiger partial charge >= 0.3 is 0 Å². The van der Waals surface area contributed by atoms with Crippen LogP contribution in [0.5, 0.6) is 0 Å². The van der Waals surface area contributed by atoms with E-state index in [-0.39, 0.29) is 16.1 Å².